The fourth-order valence-electron chi connectivity index (χ4n) is 3.60. The molecule has 1 atom stereocenters. The Balaban J connectivity index is 1.98. The first-order valence-corrected chi connectivity index (χ1v) is 9.78. The van der Waals surface area contributed by atoms with Gasteiger partial charge in [-0.05, 0) is 43.7 Å². The maximum atomic E-state index is 6.17. The number of hydrogen-bond acceptors (Lipinski definition) is 4. The van der Waals surface area contributed by atoms with Gasteiger partial charge in [-0.3, -0.25) is 0 Å². The van der Waals surface area contributed by atoms with Crippen LogP contribution < -0.4 is 4.90 Å². The Morgan fingerprint density at radius 3 is 2.29 bits per heavy atom. The average Bonchev–Trinajstić information content (AvgIpc) is 3.12. The Bertz CT molecular complexity index is 990. The molecule has 1 aromatic heterocycles. The number of fused-ring (bicyclic) bond motifs is 1. The lowest BCUT2D eigenvalue weighted by Gasteiger charge is -2.39. The van der Waals surface area contributed by atoms with Gasteiger partial charge in [0.1, 0.15) is 0 Å². The van der Waals surface area contributed by atoms with Crippen LogP contribution in [0.5, 0.6) is 0 Å². The lowest BCUT2D eigenvalue weighted by molar-refractivity contribution is 0.530. The van der Waals surface area contributed by atoms with E-state index in [-0.39, 0.29) is 12.1 Å². The number of aliphatic imine (C=N–C) groups is 1. The van der Waals surface area contributed by atoms with Gasteiger partial charge in [-0.1, -0.05) is 41.9 Å². The summed E-state index contributed by atoms with van der Waals surface area (Å²) < 4.78 is 1.99. The Morgan fingerprint density at radius 1 is 1.00 bits per heavy atom. The molecule has 6 heteroatoms. The quantitative estimate of drug-likeness (QED) is 0.607. The lowest BCUT2D eigenvalue weighted by atomic mass is 9.97. The van der Waals surface area contributed by atoms with Gasteiger partial charge in [-0.15, -0.1) is 0 Å². The summed E-state index contributed by atoms with van der Waals surface area (Å²) in [7, 11) is 4.05. The molecule has 1 aliphatic heterocycles. The fourth-order valence-corrected chi connectivity index (χ4v) is 3.73. The molecule has 28 heavy (non-hydrogen) atoms. The summed E-state index contributed by atoms with van der Waals surface area (Å²) in [6.07, 6.45) is 1.94. The molecule has 0 aliphatic carbocycles. The summed E-state index contributed by atoms with van der Waals surface area (Å²) in [5.74, 6) is 1.78. The number of benzene rings is 2. The molecular formula is C22H24ClN5. The van der Waals surface area contributed by atoms with E-state index < -0.39 is 0 Å². The molecule has 2 heterocycles. The Morgan fingerprint density at radius 2 is 1.68 bits per heavy atom. The van der Waals surface area contributed by atoms with E-state index in [2.05, 4.69) is 65.1 Å². The number of halogens is 1. The van der Waals surface area contributed by atoms with Crippen molar-refractivity contribution >= 4 is 29.1 Å². The predicted octanol–water partition coefficient (Wildman–Crippen LogP) is 5.28. The van der Waals surface area contributed by atoms with E-state index in [0.717, 1.165) is 33.6 Å². The van der Waals surface area contributed by atoms with E-state index in [4.69, 9.17) is 16.6 Å². The Kier molecular flexibility index (Phi) is 4.85. The second-order valence-corrected chi connectivity index (χ2v) is 7.86. The van der Waals surface area contributed by atoms with Gasteiger partial charge < -0.3 is 9.80 Å². The van der Waals surface area contributed by atoms with Gasteiger partial charge in [0.15, 0.2) is 5.82 Å². The van der Waals surface area contributed by atoms with E-state index in [1.165, 1.54) is 0 Å². The second-order valence-electron chi connectivity index (χ2n) is 7.43. The molecule has 4 rings (SSSR count). The van der Waals surface area contributed by atoms with Crippen LogP contribution in [0.3, 0.4) is 0 Å². The zero-order valence-corrected chi connectivity index (χ0v) is 17.3. The van der Waals surface area contributed by atoms with Gasteiger partial charge in [-0.2, -0.15) is 10.1 Å². The third kappa shape index (κ3) is 3.16. The third-order valence-corrected chi connectivity index (χ3v) is 5.13. The van der Waals surface area contributed by atoms with Gasteiger partial charge in [0.05, 0.1) is 12.2 Å². The summed E-state index contributed by atoms with van der Waals surface area (Å²) in [6, 6.07) is 18.6. The van der Waals surface area contributed by atoms with Crippen molar-refractivity contribution in [2.45, 2.75) is 25.9 Å². The van der Waals surface area contributed by atoms with Crippen molar-refractivity contribution in [1.29, 1.82) is 0 Å². The first kappa shape index (κ1) is 18.6. The number of aromatic nitrogens is 2. The van der Waals surface area contributed by atoms with Crippen molar-refractivity contribution in [3.05, 3.63) is 76.9 Å². The number of anilines is 1. The van der Waals surface area contributed by atoms with Crippen LogP contribution >= 0.6 is 11.6 Å². The van der Waals surface area contributed by atoms with Crippen molar-refractivity contribution < 1.29 is 0 Å². The summed E-state index contributed by atoms with van der Waals surface area (Å²) in [6.45, 7) is 4.25. The van der Waals surface area contributed by atoms with Crippen LogP contribution in [-0.4, -0.2) is 34.7 Å². The number of para-hydroxylation sites is 1. The standard InChI is InChI=1S/C22H24ClN5/c1-15(2)28-21-19(14-24-28)20(16-10-12-17(23)13-11-16)27(22(25-21)26(3)4)18-8-6-5-7-9-18/h5-15,20H,1-4H3/t20-/m1/s1. The molecule has 2 aromatic carbocycles. The topological polar surface area (TPSA) is 36.7 Å². The normalized spacial score (nSPS) is 16.1. The lowest BCUT2D eigenvalue weighted by Crippen LogP contribution is -2.45. The molecule has 144 valence electrons. The van der Waals surface area contributed by atoms with E-state index in [1.807, 2.05) is 43.2 Å². The van der Waals surface area contributed by atoms with Crippen molar-refractivity contribution in [3.63, 3.8) is 0 Å². The number of guanidine groups is 1. The number of rotatable bonds is 3. The Labute approximate surface area is 170 Å². The van der Waals surface area contributed by atoms with Crippen molar-refractivity contribution in [2.75, 3.05) is 19.0 Å². The van der Waals surface area contributed by atoms with Gasteiger partial charge in [0, 0.05) is 36.4 Å². The van der Waals surface area contributed by atoms with Crippen LogP contribution in [0.15, 0.2) is 65.8 Å². The smallest absolute Gasteiger partial charge is 0.208 e. The highest BCUT2D eigenvalue weighted by Crippen LogP contribution is 2.42. The van der Waals surface area contributed by atoms with Gasteiger partial charge in [0.2, 0.25) is 5.96 Å². The number of hydrogen-bond donors (Lipinski definition) is 0. The summed E-state index contributed by atoms with van der Waals surface area (Å²) in [4.78, 5) is 9.33. The zero-order chi connectivity index (χ0) is 19.8. The van der Waals surface area contributed by atoms with Crippen LogP contribution in [0.1, 0.15) is 37.1 Å². The molecule has 0 radical (unpaired) electrons. The minimum Gasteiger partial charge on any atom is -0.348 e. The monoisotopic (exact) mass is 393 g/mol. The Hall–Kier alpha value is -2.79. The molecule has 0 amide bonds. The van der Waals surface area contributed by atoms with Gasteiger partial charge in [0.25, 0.3) is 0 Å². The molecule has 0 bridgehead atoms. The molecule has 0 spiro atoms. The molecule has 0 saturated heterocycles. The van der Waals surface area contributed by atoms with E-state index in [0.29, 0.717) is 0 Å². The maximum Gasteiger partial charge on any atom is 0.208 e. The van der Waals surface area contributed by atoms with Crippen LogP contribution in [-0.2, 0) is 0 Å². The highest BCUT2D eigenvalue weighted by atomic mass is 35.5. The van der Waals surface area contributed by atoms with Crippen molar-refractivity contribution in [3.8, 4) is 0 Å². The minimum absolute atomic E-state index is 0.0444. The van der Waals surface area contributed by atoms with E-state index in [9.17, 15) is 0 Å². The molecular weight excluding hydrogens is 370 g/mol. The highest BCUT2D eigenvalue weighted by molar-refractivity contribution is 6.30. The van der Waals surface area contributed by atoms with Crippen molar-refractivity contribution in [1.82, 2.24) is 14.7 Å². The molecule has 5 nitrogen and oxygen atoms in total. The second kappa shape index (κ2) is 7.32. The molecule has 1 aliphatic rings. The summed E-state index contributed by atoms with van der Waals surface area (Å²) >= 11 is 6.17. The van der Waals surface area contributed by atoms with E-state index >= 15 is 0 Å². The predicted molar refractivity (Wildman–Crippen MR) is 116 cm³/mol. The maximum absolute atomic E-state index is 6.17. The zero-order valence-electron chi connectivity index (χ0n) is 16.5. The molecule has 3 aromatic rings. The highest BCUT2D eigenvalue weighted by Gasteiger charge is 2.36. The first-order chi connectivity index (χ1) is 13.5. The first-order valence-electron chi connectivity index (χ1n) is 9.40. The van der Waals surface area contributed by atoms with Crippen LogP contribution in [0.25, 0.3) is 0 Å². The average molecular weight is 394 g/mol. The largest absolute Gasteiger partial charge is 0.348 e. The van der Waals surface area contributed by atoms with Crippen LogP contribution in [0, 0.1) is 0 Å². The van der Waals surface area contributed by atoms with Gasteiger partial charge in [-0.25, -0.2) is 4.68 Å². The van der Waals surface area contributed by atoms with Crippen molar-refractivity contribution in [2.24, 2.45) is 4.99 Å². The van der Waals surface area contributed by atoms with E-state index in [1.54, 1.807) is 0 Å². The van der Waals surface area contributed by atoms with Crippen LogP contribution in [0.2, 0.25) is 5.02 Å². The van der Waals surface area contributed by atoms with Crippen LogP contribution in [0.4, 0.5) is 11.5 Å². The number of nitrogens with zero attached hydrogens (tertiary/aromatic N) is 5. The SMILES string of the molecule is CC(C)n1ncc2c1N=C(N(C)C)N(c1ccccc1)[C@@H]2c1ccc(Cl)cc1. The minimum atomic E-state index is -0.0444. The van der Waals surface area contributed by atoms with Gasteiger partial charge >= 0.3 is 0 Å². The molecule has 0 N–H and O–H groups in total. The third-order valence-electron chi connectivity index (χ3n) is 4.88. The molecule has 0 saturated carbocycles. The molecule has 0 unspecified atom stereocenters. The fraction of sp³-hybridized carbons (Fsp3) is 0.273. The summed E-state index contributed by atoms with van der Waals surface area (Å²) in [5.41, 5.74) is 3.32. The molecule has 0 fully saturated rings. The summed E-state index contributed by atoms with van der Waals surface area (Å²) in [5, 5.41) is 5.38.